The Bertz CT molecular complexity index is 892. The van der Waals surface area contributed by atoms with E-state index >= 15 is 0 Å². The van der Waals surface area contributed by atoms with E-state index in [-0.39, 0.29) is 30.3 Å². The molecule has 2 aromatic rings. The lowest BCUT2D eigenvalue weighted by molar-refractivity contribution is -0.136. The quantitative estimate of drug-likeness (QED) is 0.755. The van der Waals surface area contributed by atoms with Crippen molar-refractivity contribution in [1.82, 2.24) is 25.0 Å². The van der Waals surface area contributed by atoms with Crippen LogP contribution < -0.4 is 5.32 Å². The Kier molecular flexibility index (Phi) is 6.28. The van der Waals surface area contributed by atoms with Crippen molar-refractivity contribution in [3.63, 3.8) is 0 Å². The van der Waals surface area contributed by atoms with Gasteiger partial charge in [-0.05, 0) is 45.8 Å². The minimum absolute atomic E-state index is 0.00594. The standard InChI is InChI=1S/C20H27N5O2S/c1-13(2)21-19(27)16-8-10-24(11-9-16)17(26)12-25-18(22-23-20(25)28)15-6-4-14(3)5-7-15/h4-7,13,16H,8-12H2,1-3H3,(H,21,27)(H,23,28). The Hall–Kier alpha value is -2.48. The third-order valence-electron chi connectivity index (χ3n) is 5.01. The second-order valence-corrected chi connectivity index (χ2v) is 8.01. The molecule has 0 aliphatic carbocycles. The SMILES string of the molecule is Cc1ccc(-c2n[nH]c(=S)n2CC(=O)N2CCC(C(=O)NC(C)C)CC2)cc1. The Balaban J connectivity index is 1.65. The number of nitrogens with zero attached hydrogens (tertiary/aromatic N) is 3. The highest BCUT2D eigenvalue weighted by molar-refractivity contribution is 7.71. The van der Waals surface area contributed by atoms with Crippen LogP contribution in [0.25, 0.3) is 11.4 Å². The van der Waals surface area contributed by atoms with Crippen LogP contribution in [0.2, 0.25) is 0 Å². The molecule has 0 spiro atoms. The highest BCUT2D eigenvalue weighted by Crippen LogP contribution is 2.20. The summed E-state index contributed by atoms with van der Waals surface area (Å²) in [5, 5.41) is 10.0. The fraction of sp³-hybridized carbons (Fsp3) is 0.500. The van der Waals surface area contributed by atoms with Crippen LogP contribution >= 0.6 is 12.2 Å². The summed E-state index contributed by atoms with van der Waals surface area (Å²) in [6.45, 7) is 7.24. The number of hydrogen-bond acceptors (Lipinski definition) is 4. The molecule has 1 aliphatic rings. The number of nitrogens with one attached hydrogen (secondary N) is 2. The van der Waals surface area contributed by atoms with Gasteiger partial charge in [0.1, 0.15) is 6.54 Å². The molecule has 0 unspecified atom stereocenters. The van der Waals surface area contributed by atoms with Gasteiger partial charge in [-0.15, -0.1) is 0 Å². The van der Waals surface area contributed by atoms with Crippen LogP contribution in [0.15, 0.2) is 24.3 Å². The number of hydrogen-bond donors (Lipinski definition) is 2. The third kappa shape index (κ3) is 4.67. The first-order chi connectivity index (χ1) is 13.3. The van der Waals surface area contributed by atoms with Crippen molar-refractivity contribution >= 4 is 24.0 Å². The van der Waals surface area contributed by atoms with Crippen molar-refractivity contribution in [1.29, 1.82) is 0 Å². The predicted molar refractivity (Wildman–Crippen MR) is 110 cm³/mol. The Morgan fingerprint density at radius 3 is 2.50 bits per heavy atom. The number of aromatic amines is 1. The zero-order valence-corrected chi connectivity index (χ0v) is 17.4. The van der Waals surface area contributed by atoms with E-state index in [1.165, 1.54) is 0 Å². The first-order valence-corrected chi connectivity index (χ1v) is 10.1. The summed E-state index contributed by atoms with van der Waals surface area (Å²) < 4.78 is 2.16. The monoisotopic (exact) mass is 401 g/mol. The second kappa shape index (κ2) is 8.68. The first kappa shape index (κ1) is 20.3. The van der Waals surface area contributed by atoms with Crippen molar-refractivity contribution in [3.8, 4) is 11.4 Å². The molecule has 1 saturated heterocycles. The Morgan fingerprint density at radius 1 is 1.25 bits per heavy atom. The molecule has 150 valence electrons. The van der Waals surface area contributed by atoms with E-state index < -0.39 is 0 Å². The Labute approximate surface area is 170 Å². The van der Waals surface area contributed by atoms with E-state index in [1.807, 2.05) is 49.9 Å². The first-order valence-electron chi connectivity index (χ1n) is 9.65. The number of H-pyrrole nitrogens is 1. The predicted octanol–water partition coefficient (Wildman–Crippen LogP) is 2.68. The van der Waals surface area contributed by atoms with Gasteiger partial charge in [0.05, 0.1) is 0 Å². The molecule has 7 nitrogen and oxygen atoms in total. The number of aryl methyl sites for hydroxylation is 1. The number of piperidine rings is 1. The summed E-state index contributed by atoms with van der Waals surface area (Å²) in [7, 11) is 0. The molecule has 0 bridgehead atoms. The normalized spacial score (nSPS) is 15.1. The van der Waals surface area contributed by atoms with E-state index in [4.69, 9.17) is 12.2 Å². The summed E-state index contributed by atoms with van der Waals surface area (Å²) in [4.78, 5) is 26.8. The molecule has 28 heavy (non-hydrogen) atoms. The zero-order valence-electron chi connectivity index (χ0n) is 16.6. The third-order valence-corrected chi connectivity index (χ3v) is 5.32. The number of carbonyl (C=O) groups is 2. The topological polar surface area (TPSA) is 83.0 Å². The van der Waals surface area contributed by atoms with Gasteiger partial charge in [-0.25, -0.2) is 0 Å². The molecule has 0 saturated carbocycles. The van der Waals surface area contributed by atoms with Crippen molar-refractivity contribution in [2.24, 2.45) is 5.92 Å². The van der Waals surface area contributed by atoms with Gasteiger partial charge in [0.2, 0.25) is 11.8 Å². The number of carbonyl (C=O) groups excluding carboxylic acids is 2. The van der Waals surface area contributed by atoms with E-state index in [0.717, 1.165) is 11.1 Å². The van der Waals surface area contributed by atoms with E-state index in [2.05, 4.69) is 15.5 Å². The van der Waals surface area contributed by atoms with Gasteiger partial charge in [0.25, 0.3) is 0 Å². The zero-order chi connectivity index (χ0) is 20.3. The molecule has 2 amide bonds. The largest absolute Gasteiger partial charge is 0.354 e. The van der Waals surface area contributed by atoms with Crippen LogP contribution in [-0.2, 0) is 16.1 Å². The van der Waals surface area contributed by atoms with Crippen LogP contribution in [0, 0.1) is 17.6 Å². The fourth-order valence-corrected chi connectivity index (χ4v) is 3.61. The minimum Gasteiger partial charge on any atom is -0.354 e. The van der Waals surface area contributed by atoms with Crippen molar-refractivity contribution in [2.75, 3.05) is 13.1 Å². The highest BCUT2D eigenvalue weighted by atomic mass is 32.1. The second-order valence-electron chi connectivity index (χ2n) is 7.62. The highest BCUT2D eigenvalue weighted by Gasteiger charge is 2.28. The van der Waals surface area contributed by atoms with Crippen LogP contribution in [0.5, 0.6) is 0 Å². The smallest absolute Gasteiger partial charge is 0.242 e. The van der Waals surface area contributed by atoms with Crippen LogP contribution in [0.1, 0.15) is 32.3 Å². The summed E-state index contributed by atoms with van der Waals surface area (Å²) in [6, 6.07) is 8.09. The summed E-state index contributed by atoms with van der Waals surface area (Å²) in [6.07, 6.45) is 1.37. The van der Waals surface area contributed by atoms with Crippen LogP contribution in [0.3, 0.4) is 0 Å². The van der Waals surface area contributed by atoms with Crippen molar-refractivity contribution < 1.29 is 9.59 Å². The lowest BCUT2D eigenvalue weighted by Gasteiger charge is -2.32. The van der Waals surface area contributed by atoms with E-state index in [1.54, 1.807) is 4.57 Å². The molecule has 8 heteroatoms. The molecule has 2 N–H and O–H groups in total. The van der Waals surface area contributed by atoms with Gasteiger partial charge in [-0.3, -0.25) is 19.3 Å². The molecule has 0 radical (unpaired) electrons. The molecule has 2 heterocycles. The summed E-state index contributed by atoms with van der Waals surface area (Å²) in [5.41, 5.74) is 2.07. The van der Waals surface area contributed by atoms with Crippen molar-refractivity contribution in [3.05, 3.63) is 34.6 Å². The summed E-state index contributed by atoms with van der Waals surface area (Å²) in [5.74, 6) is 0.713. The minimum atomic E-state index is -0.0225. The number of rotatable bonds is 5. The maximum absolute atomic E-state index is 12.8. The van der Waals surface area contributed by atoms with Crippen LogP contribution in [0.4, 0.5) is 0 Å². The van der Waals surface area contributed by atoms with Gasteiger partial charge in [-0.2, -0.15) is 5.10 Å². The lowest BCUT2D eigenvalue weighted by Crippen LogP contribution is -2.45. The number of benzene rings is 1. The average molecular weight is 402 g/mol. The lowest BCUT2D eigenvalue weighted by atomic mass is 9.95. The molecule has 3 rings (SSSR count). The maximum Gasteiger partial charge on any atom is 0.242 e. The molecule has 1 aliphatic heterocycles. The Morgan fingerprint density at radius 2 is 1.89 bits per heavy atom. The van der Waals surface area contributed by atoms with Gasteiger partial charge < -0.3 is 10.2 Å². The van der Waals surface area contributed by atoms with Gasteiger partial charge in [-0.1, -0.05) is 29.8 Å². The van der Waals surface area contributed by atoms with E-state index in [0.29, 0.717) is 36.5 Å². The number of likely N-dealkylation sites (tertiary alicyclic amines) is 1. The van der Waals surface area contributed by atoms with Gasteiger partial charge >= 0.3 is 0 Å². The molecular formula is C20H27N5O2S. The summed E-state index contributed by atoms with van der Waals surface area (Å²) >= 11 is 5.33. The number of amides is 2. The molecule has 1 aromatic heterocycles. The number of aromatic nitrogens is 3. The van der Waals surface area contributed by atoms with Gasteiger partial charge in [0, 0.05) is 30.6 Å². The molecule has 0 atom stereocenters. The van der Waals surface area contributed by atoms with Crippen molar-refractivity contribution in [2.45, 2.75) is 46.2 Å². The maximum atomic E-state index is 12.8. The average Bonchev–Trinajstić information content (AvgIpc) is 3.02. The molecule has 1 aromatic carbocycles. The molecular weight excluding hydrogens is 374 g/mol. The molecule has 1 fully saturated rings. The van der Waals surface area contributed by atoms with E-state index in [9.17, 15) is 9.59 Å². The van der Waals surface area contributed by atoms with Gasteiger partial charge in [0.15, 0.2) is 10.6 Å². The fourth-order valence-electron chi connectivity index (χ4n) is 3.42. The van der Waals surface area contributed by atoms with Crippen LogP contribution in [-0.4, -0.2) is 50.6 Å².